The number of benzene rings is 2. The molecule has 2 fully saturated rings. The molecular formula is C66H96N14O20S. The maximum absolute atomic E-state index is 14.5. The van der Waals surface area contributed by atoms with Crippen LogP contribution >= 0.6 is 11.8 Å². The Morgan fingerprint density at radius 1 is 0.574 bits per heavy atom. The van der Waals surface area contributed by atoms with Gasteiger partial charge in [0.1, 0.15) is 66.2 Å². The van der Waals surface area contributed by atoms with Crippen LogP contribution in [0, 0.1) is 0 Å². The third-order valence-corrected chi connectivity index (χ3v) is 16.5. The average molecular weight is 1440 g/mol. The molecule has 0 bridgehead atoms. The lowest BCUT2D eigenvalue weighted by molar-refractivity contribution is -0.141. The van der Waals surface area contributed by atoms with Crippen molar-refractivity contribution >= 4 is 100 Å². The molecule has 2 aromatic carbocycles. The van der Waals surface area contributed by atoms with Gasteiger partial charge in [0.25, 0.3) is 0 Å². The van der Waals surface area contributed by atoms with Crippen molar-refractivity contribution in [1.29, 1.82) is 0 Å². The highest BCUT2D eigenvalue weighted by molar-refractivity contribution is 7.98. The zero-order valence-electron chi connectivity index (χ0n) is 57.3. The summed E-state index contributed by atoms with van der Waals surface area (Å²) in [7, 11) is 0. The summed E-state index contributed by atoms with van der Waals surface area (Å²) in [6, 6.07) is -4.01. The Morgan fingerprint density at radius 2 is 1.05 bits per heavy atom. The Morgan fingerprint density at radius 3 is 1.56 bits per heavy atom. The Bertz CT molecular complexity index is 3280. The number of primary amides is 2. The summed E-state index contributed by atoms with van der Waals surface area (Å²) in [5.41, 5.74) is 14.5. The minimum absolute atomic E-state index is 0.0266. The molecule has 34 nitrogen and oxygen atoms in total. The van der Waals surface area contributed by atoms with Crippen LogP contribution in [0.3, 0.4) is 0 Å². The average Bonchev–Trinajstić information content (AvgIpc) is 1.81. The molecule has 556 valence electrons. The lowest BCUT2D eigenvalue weighted by Gasteiger charge is -2.28. The fraction of sp³-hybridized carbons (Fsp3) is 0.530. The lowest BCUT2D eigenvalue weighted by Crippen LogP contribution is -2.61. The fourth-order valence-corrected chi connectivity index (χ4v) is 10.5. The summed E-state index contributed by atoms with van der Waals surface area (Å²) in [5, 5.41) is 76.2. The number of hydrogen-bond donors (Lipinski definition) is 18. The van der Waals surface area contributed by atoms with Gasteiger partial charge in [-0.1, -0.05) is 65.8 Å². The van der Waals surface area contributed by atoms with Gasteiger partial charge in [-0.25, -0.2) is 0 Å². The van der Waals surface area contributed by atoms with Crippen molar-refractivity contribution in [3.63, 3.8) is 0 Å². The van der Waals surface area contributed by atoms with Crippen molar-refractivity contribution in [2.45, 2.75) is 178 Å². The van der Waals surface area contributed by atoms with Crippen LogP contribution in [0.1, 0.15) is 110 Å². The second-order valence-corrected chi connectivity index (χ2v) is 25.2. The molecule has 0 aliphatic carbocycles. The highest BCUT2D eigenvalue weighted by atomic mass is 32.2. The molecule has 0 aromatic heterocycles. The molecule has 2 aromatic rings. The van der Waals surface area contributed by atoms with Gasteiger partial charge < -0.3 is 100 Å². The summed E-state index contributed by atoms with van der Waals surface area (Å²) in [6.45, 7) is 5.49. The topological polar surface area (TPSA) is 545 Å². The van der Waals surface area contributed by atoms with E-state index in [2.05, 4.69) is 98.3 Å². The number of nitrogens with two attached hydrogens (primary N) is 2. The Labute approximate surface area is 588 Å². The third-order valence-electron chi connectivity index (χ3n) is 15.8. The van der Waals surface area contributed by atoms with Crippen molar-refractivity contribution < 1.29 is 97.5 Å². The van der Waals surface area contributed by atoms with E-state index < -0.39 is 214 Å². The van der Waals surface area contributed by atoms with E-state index in [1.165, 1.54) is 60.0 Å². The molecule has 101 heavy (non-hydrogen) atoms. The van der Waals surface area contributed by atoms with E-state index in [0.717, 1.165) is 11.8 Å². The monoisotopic (exact) mass is 1440 g/mol. The lowest BCUT2D eigenvalue weighted by atomic mass is 10.0. The smallest absolute Gasteiger partial charge is 0.303 e. The second kappa shape index (κ2) is 44.2. The van der Waals surface area contributed by atoms with Gasteiger partial charge in [-0.2, -0.15) is 11.8 Å². The van der Waals surface area contributed by atoms with Crippen LogP contribution in [-0.2, 0) is 84.8 Å². The molecule has 11 atom stereocenters. The predicted molar refractivity (Wildman–Crippen MR) is 366 cm³/mol. The predicted octanol–water partition coefficient (Wildman–Crippen LogP) is -4.40. The quantitative estimate of drug-likeness (QED) is 0.0525. The van der Waals surface area contributed by atoms with Crippen molar-refractivity contribution in [2.24, 2.45) is 11.5 Å². The summed E-state index contributed by atoms with van der Waals surface area (Å²) in [6.07, 6.45) is 2.73. The number of allylic oxidation sites excluding steroid dienone is 4. The first-order valence-electron chi connectivity index (χ1n) is 32.6. The molecule has 2 saturated heterocycles. The van der Waals surface area contributed by atoms with E-state index in [9.17, 15) is 97.5 Å². The number of thioether (sulfide) groups is 1. The molecule has 0 saturated carbocycles. The van der Waals surface area contributed by atoms with E-state index in [-0.39, 0.29) is 50.2 Å². The molecule has 0 spiro atoms. The van der Waals surface area contributed by atoms with Crippen LogP contribution in [-0.4, -0.2) is 230 Å². The minimum Gasteiger partial charge on any atom is -0.508 e. The number of aliphatic hydroxyl groups is 3. The standard InChI is InChI=1S/C56H78N14O20S.C10H18/c1-28(73)46-56(90)59-24-43(77)61-39(27-72)54(88)66-36(22-30-10-12-31(74)13-11-30)52(86)68-38(26-71)47(81)60-25-44(78)70-19-6-9-40(70)55(89)67-37(23-42(58)76)53(87)63-33(15-17-45(79)80)48(82)65-35(21-29-7-4-3-5-8-29)51(85)64-34(18-20-91-2)49(83)62-32(50(84)69-46)14-16-41(57)75;1-5-10(4)8-6-7-9(2)3/h3-5,7-8,10-13,28,32-40,46,71-74H,6,9,14-27H2,1-2H3,(H2,57,75)(H2,58,76)(H,59,90)(H,60,81)(H,61,77)(H,62,83)(H,63,87)(H,64,85)(H,65,82)(H,66,88)(H,67,89)(H,68,86)(H,69,84)(H,79,80);5,7H,6,8H2,1-4H3/b;10-5+/t28-,32+,33-,34+,35+,36+,37+,38+,39+,40+,46+;/m1./s1. The number of aromatic hydroxyl groups is 1. The summed E-state index contributed by atoms with van der Waals surface area (Å²) < 4.78 is 0. The van der Waals surface area contributed by atoms with Gasteiger partial charge in [0.2, 0.25) is 82.7 Å². The number of carboxylic acids is 1. The van der Waals surface area contributed by atoms with Gasteiger partial charge in [0.05, 0.1) is 38.8 Å². The molecule has 0 radical (unpaired) electrons. The molecule has 35 heteroatoms. The first kappa shape index (κ1) is 85.2. The number of phenolic OH excluding ortho intramolecular Hbond substituents is 1. The molecule has 14 amide bonds. The number of carbonyl (C=O) groups is 15. The number of aliphatic carboxylic acids is 1. The van der Waals surface area contributed by atoms with Crippen molar-refractivity contribution in [3.8, 4) is 5.75 Å². The Hall–Kier alpha value is -10.00. The van der Waals surface area contributed by atoms with Gasteiger partial charge in [-0.05, 0) is 115 Å². The highest BCUT2D eigenvalue weighted by Gasteiger charge is 2.40. The second-order valence-electron chi connectivity index (χ2n) is 24.2. The summed E-state index contributed by atoms with van der Waals surface area (Å²) in [4.78, 5) is 204. The number of amides is 14. The molecule has 0 unspecified atom stereocenters. The Kier molecular flexibility index (Phi) is 37.3. The normalized spacial score (nSPS) is 23.7. The van der Waals surface area contributed by atoms with Gasteiger partial charge in [-0.3, -0.25) is 71.9 Å². The number of phenols is 1. The van der Waals surface area contributed by atoms with Gasteiger partial charge >= 0.3 is 5.97 Å². The largest absolute Gasteiger partial charge is 0.508 e. The van der Waals surface area contributed by atoms with Gasteiger partial charge in [-0.15, -0.1) is 0 Å². The van der Waals surface area contributed by atoms with Crippen molar-refractivity contribution in [3.05, 3.63) is 89.0 Å². The Balaban J connectivity index is 0.00000245. The maximum atomic E-state index is 14.5. The van der Waals surface area contributed by atoms with E-state index in [1.807, 2.05) is 0 Å². The fourth-order valence-electron chi connectivity index (χ4n) is 10.1. The summed E-state index contributed by atoms with van der Waals surface area (Å²) >= 11 is 1.23. The number of hydrogen-bond acceptors (Lipinski definition) is 20. The number of fused-ring (bicyclic) bond motifs is 1. The van der Waals surface area contributed by atoms with E-state index in [0.29, 0.717) is 11.1 Å². The molecule has 20 N–H and O–H groups in total. The highest BCUT2D eigenvalue weighted by Crippen LogP contribution is 2.19. The van der Waals surface area contributed by atoms with Crippen LogP contribution in [0.2, 0.25) is 0 Å². The molecule has 2 aliphatic rings. The van der Waals surface area contributed by atoms with Gasteiger partial charge in [0.15, 0.2) is 0 Å². The third kappa shape index (κ3) is 31.0. The molecule has 2 aliphatic heterocycles. The zero-order valence-corrected chi connectivity index (χ0v) is 58.1. The van der Waals surface area contributed by atoms with Gasteiger partial charge in [0, 0.05) is 32.2 Å². The van der Waals surface area contributed by atoms with Crippen LogP contribution < -0.4 is 70.0 Å². The van der Waals surface area contributed by atoms with E-state index >= 15 is 0 Å². The molecule has 2 heterocycles. The maximum Gasteiger partial charge on any atom is 0.303 e. The molecule has 4 rings (SSSR count). The molecular weight excluding hydrogens is 1340 g/mol. The summed E-state index contributed by atoms with van der Waals surface area (Å²) in [5.74, 6) is -17.0. The van der Waals surface area contributed by atoms with E-state index in [4.69, 9.17) is 11.5 Å². The zero-order chi connectivity index (χ0) is 75.5. The van der Waals surface area contributed by atoms with E-state index in [1.54, 1.807) is 36.6 Å². The van der Waals surface area contributed by atoms with Crippen molar-refractivity contribution in [1.82, 2.24) is 63.4 Å². The number of carbonyl (C=O) groups excluding carboxylic acids is 14. The van der Waals surface area contributed by atoms with Crippen molar-refractivity contribution in [2.75, 3.05) is 44.9 Å². The first-order chi connectivity index (χ1) is 47.8. The van der Waals surface area contributed by atoms with Crippen LogP contribution in [0.15, 0.2) is 77.9 Å². The number of nitrogens with one attached hydrogen (secondary N) is 11. The number of nitrogens with zero attached hydrogens (tertiary/aromatic N) is 1. The number of carboxylic acid groups (broad SMARTS) is 1. The minimum atomic E-state index is -1.91. The van der Waals surface area contributed by atoms with Crippen LogP contribution in [0.4, 0.5) is 0 Å². The number of rotatable bonds is 21. The van der Waals surface area contributed by atoms with Crippen LogP contribution in [0.5, 0.6) is 5.75 Å². The SMILES string of the molecule is C/C=C(\C)CCC=C(C)C.CSCC[C@@H]1NC(=O)[C@H](Cc2ccccc2)NC(=O)[C@@H](CCC(=O)O)NC(=O)[C@H](CC(N)=O)NC(=O)[C@@H]2CCCN2C(=O)CNC(=O)[C@H](CO)NC(=O)[C@H](Cc2ccc(O)cc2)NC(=O)[C@H](CO)NC(=O)CNC(=O)[C@H]([C@@H](C)O)NC(=O)[C@H](CCC(N)=O)NC1=O. The first-order valence-corrected chi connectivity index (χ1v) is 34.0. The van der Waals surface area contributed by atoms with Crippen LogP contribution in [0.25, 0.3) is 0 Å². The number of aliphatic hydroxyl groups excluding tert-OH is 3.